The topological polar surface area (TPSA) is 55.8 Å². The first-order valence-corrected chi connectivity index (χ1v) is 10.8. The van der Waals surface area contributed by atoms with Crippen molar-refractivity contribution < 1.29 is 19.1 Å². The molecule has 0 radical (unpaired) electrons. The van der Waals surface area contributed by atoms with Crippen LogP contribution in [0.3, 0.4) is 0 Å². The highest BCUT2D eigenvalue weighted by atomic mass is 16.5. The summed E-state index contributed by atoms with van der Waals surface area (Å²) in [6.45, 7) is 3.90. The van der Waals surface area contributed by atoms with Crippen LogP contribution in [0.2, 0.25) is 0 Å². The van der Waals surface area contributed by atoms with Gasteiger partial charge in [0, 0.05) is 13.1 Å². The van der Waals surface area contributed by atoms with Crippen LogP contribution in [-0.4, -0.2) is 43.6 Å². The second kappa shape index (κ2) is 12.4. The van der Waals surface area contributed by atoms with Gasteiger partial charge in [-0.1, -0.05) is 57.6 Å². The molecule has 1 aromatic rings. The highest BCUT2D eigenvalue weighted by Crippen LogP contribution is 2.24. The Kier molecular flexibility index (Phi) is 9.87. The lowest BCUT2D eigenvalue weighted by Crippen LogP contribution is -2.40. The van der Waals surface area contributed by atoms with Gasteiger partial charge in [0.25, 0.3) is 5.91 Å². The number of likely N-dealkylation sites (tertiary alicyclic amines) is 1. The largest absolute Gasteiger partial charge is 0.496 e. The third kappa shape index (κ3) is 6.84. The Morgan fingerprint density at radius 1 is 1.00 bits per heavy atom. The van der Waals surface area contributed by atoms with Crippen molar-refractivity contribution in [3.05, 3.63) is 29.8 Å². The molecule has 0 aromatic heterocycles. The number of ether oxygens (including phenoxy) is 2. The van der Waals surface area contributed by atoms with Crippen molar-refractivity contribution in [2.75, 3.05) is 26.8 Å². The molecule has 28 heavy (non-hydrogen) atoms. The summed E-state index contributed by atoms with van der Waals surface area (Å²) in [7, 11) is 1.57. The molecule has 156 valence electrons. The van der Waals surface area contributed by atoms with Gasteiger partial charge >= 0.3 is 5.97 Å². The maximum atomic E-state index is 12.7. The highest BCUT2D eigenvalue weighted by Gasteiger charge is 2.29. The molecule has 0 spiro atoms. The number of hydrogen-bond donors (Lipinski definition) is 0. The van der Waals surface area contributed by atoms with Crippen LogP contribution in [0.5, 0.6) is 5.75 Å². The predicted octanol–water partition coefficient (Wildman–Crippen LogP) is 4.84. The number of rotatable bonds is 11. The molecule has 1 aliphatic heterocycles. The van der Waals surface area contributed by atoms with Crippen molar-refractivity contribution in [2.24, 2.45) is 5.92 Å². The number of methoxy groups -OCH3 is 1. The van der Waals surface area contributed by atoms with Crippen molar-refractivity contribution >= 4 is 11.9 Å². The van der Waals surface area contributed by atoms with Gasteiger partial charge in [0.15, 0.2) is 0 Å². The van der Waals surface area contributed by atoms with Crippen LogP contribution in [0.15, 0.2) is 24.3 Å². The average molecular weight is 390 g/mol. The summed E-state index contributed by atoms with van der Waals surface area (Å²) >= 11 is 0. The fourth-order valence-corrected chi connectivity index (χ4v) is 3.66. The number of unbranched alkanes of at least 4 members (excludes halogenated alkanes) is 6. The van der Waals surface area contributed by atoms with E-state index in [1.165, 1.54) is 32.1 Å². The lowest BCUT2D eigenvalue weighted by atomic mass is 9.96. The number of nitrogens with zero attached hydrogens (tertiary/aromatic N) is 1. The maximum absolute atomic E-state index is 12.7. The molecule has 1 heterocycles. The Labute approximate surface area is 169 Å². The fraction of sp³-hybridized carbons (Fsp3) is 0.652. The summed E-state index contributed by atoms with van der Waals surface area (Å²) in [6, 6.07) is 7.26. The minimum Gasteiger partial charge on any atom is -0.496 e. The molecule has 0 saturated carbocycles. The lowest BCUT2D eigenvalue weighted by Gasteiger charge is -2.31. The second-order valence-electron chi connectivity index (χ2n) is 7.56. The number of carbonyl (C=O) groups excluding carboxylic acids is 2. The van der Waals surface area contributed by atoms with Gasteiger partial charge in [-0.15, -0.1) is 0 Å². The van der Waals surface area contributed by atoms with Gasteiger partial charge in [0.1, 0.15) is 5.75 Å². The minimum atomic E-state index is -0.102. The Morgan fingerprint density at radius 2 is 1.64 bits per heavy atom. The van der Waals surface area contributed by atoms with Crippen molar-refractivity contribution in [2.45, 2.75) is 64.7 Å². The van der Waals surface area contributed by atoms with E-state index >= 15 is 0 Å². The molecule has 0 bridgehead atoms. The first-order chi connectivity index (χ1) is 13.7. The summed E-state index contributed by atoms with van der Waals surface area (Å²) < 4.78 is 10.8. The van der Waals surface area contributed by atoms with E-state index in [4.69, 9.17) is 9.47 Å². The summed E-state index contributed by atoms with van der Waals surface area (Å²) in [5.74, 6) is 0.359. The van der Waals surface area contributed by atoms with Crippen LogP contribution in [0, 0.1) is 5.92 Å². The van der Waals surface area contributed by atoms with Gasteiger partial charge in [-0.2, -0.15) is 0 Å². The third-order valence-corrected chi connectivity index (χ3v) is 5.45. The van der Waals surface area contributed by atoms with E-state index < -0.39 is 0 Å². The summed E-state index contributed by atoms with van der Waals surface area (Å²) in [4.78, 5) is 26.8. The Balaban J connectivity index is 1.66. The van der Waals surface area contributed by atoms with E-state index in [1.54, 1.807) is 24.1 Å². The normalized spacial score (nSPS) is 14.7. The molecule has 0 unspecified atom stereocenters. The number of esters is 1. The van der Waals surface area contributed by atoms with Crippen molar-refractivity contribution in [3.8, 4) is 5.75 Å². The van der Waals surface area contributed by atoms with Crippen molar-refractivity contribution in [3.63, 3.8) is 0 Å². The number of carbonyl (C=O) groups is 2. The monoisotopic (exact) mass is 389 g/mol. The first-order valence-electron chi connectivity index (χ1n) is 10.8. The fourth-order valence-electron chi connectivity index (χ4n) is 3.66. The maximum Gasteiger partial charge on any atom is 0.309 e. The Hall–Kier alpha value is -2.04. The summed E-state index contributed by atoms with van der Waals surface area (Å²) in [6.07, 6.45) is 9.79. The van der Waals surface area contributed by atoms with Gasteiger partial charge in [0.2, 0.25) is 0 Å². The second-order valence-corrected chi connectivity index (χ2v) is 7.56. The van der Waals surface area contributed by atoms with Gasteiger partial charge in [0.05, 0.1) is 25.2 Å². The van der Waals surface area contributed by atoms with Crippen LogP contribution in [-0.2, 0) is 9.53 Å². The molecule has 2 rings (SSSR count). The van der Waals surface area contributed by atoms with E-state index in [2.05, 4.69) is 6.92 Å². The molecule has 1 fully saturated rings. The highest BCUT2D eigenvalue weighted by molar-refractivity contribution is 5.97. The standard InChI is InChI=1S/C23H35NO4/c1-3-4-5-6-7-8-11-18-28-23(26)19-14-16-24(17-15-19)22(25)20-12-9-10-13-21(20)27-2/h9-10,12-13,19H,3-8,11,14-18H2,1-2H3. The molecule has 5 heteroatoms. The minimum absolute atomic E-state index is 0.0349. The van der Waals surface area contributed by atoms with Gasteiger partial charge in [-0.3, -0.25) is 9.59 Å². The molecule has 1 saturated heterocycles. The molecule has 0 aliphatic carbocycles. The first kappa shape index (κ1) is 22.3. The zero-order valence-electron chi connectivity index (χ0n) is 17.5. The molecule has 1 amide bonds. The van der Waals surface area contributed by atoms with Crippen molar-refractivity contribution in [1.29, 1.82) is 0 Å². The zero-order valence-corrected chi connectivity index (χ0v) is 17.5. The molecular formula is C23H35NO4. The van der Waals surface area contributed by atoms with E-state index in [1.807, 2.05) is 12.1 Å². The van der Waals surface area contributed by atoms with E-state index in [0.717, 1.165) is 12.8 Å². The Bertz CT molecular complexity index is 608. The molecular weight excluding hydrogens is 354 g/mol. The molecule has 5 nitrogen and oxygen atoms in total. The summed E-state index contributed by atoms with van der Waals surface area (Å²) in [5.41, 5.74) is 0.574. The molecule has 1 aromatic carbocycles. The van der Waals surface area contributed by atoms with Crippen LogP contribution < -0.4 is 4.74 Å². The SMILES string of the molecule is CCCCCCCCCOC(=O)C1CCN(C(=O)c2ccccc2OC)CC1. The van der Waals surface area contributed by atoms with Gasteiger partial charge < -0.3 is 14.4 Å². The van der Waals surface area contributed by atoms with E-state index in [9.17, 15) is 9.59 Å². The van der Waals surface area contributed by atoms with Crippen LogP contribution in [0.25, 0.3) is 0 Å². The van der Waals surface area contributed by atoms with Crippen LogP contribution in [0.1, 0.15) is 75.1 Å². The van der Waals surface area contributed by atoms with E-state index in [-0.39, 0.29) is 17.8 Å². The number of amides is 1. The molecule has 0 atom stereocenters. The lowest BCUT2D eigenvalue weighted by molar-refractivity contribution is -0.150. The summed E-state index contributed by atoms with van der Waals surface area (Å²) in [5, 5.41) is 0. The van der Waals surface area contributed by atoms with Gasteiger partial charge in [-0.05, 0) is 31.4 Å². The smallest absolute Gasteiger partial charge is 0.309 e. The average Bonchev–Trinajstić information content (AvgIpc) is 2.75. The third-order valence-electron chi connectivity index (χ3n) is 5.45. The molecule has 1 aliphatic rings. The van der Waals surface area contributed by atoms with E-state index in [0.29, 0.717) is 43.9 Å². The predicted molar refractivity (Wildman–Crippen MR) is 111 cm³/mol. The van der Waals surface area contributed by atoms with Gasteiger partial charge in [-0.25, -0.2) is 0 Å². The number of benzene rings is 1. The van der Waals surface area contributed by atoms with Crippen LogP contribution in [0.4, 0.5) is 0 Å². The Morgan fingerprint density at radius 3 is 2.32 bits per heavy atom. The number of hydrogen-bond acceptors (Lipinski definition) is 4. The quantitative estimate of drug-likeness (QED) is 0.401. The molecule has 0 N–H and O–H groups in total. The number of para-hydroxylation sites is 1. The number of piperidine rings is 1. The zero-order chi connectivity index (χ0) is 20.2. The van der Waals surface area contributed by atoms with Crippen LogP contribution >= 0.6 is 0 Å². The van der Waals surface area contributed by atoms with Crippen molar-refractivity contribution in [1.82, 2.24) is 4.90 Å².